The van der Waals surface area contributed by atoms with Crippen LogP contribution in [0.2, 0.25) is 0 Å². The number of thiophene rings is 1. The Morgan fingerprint density at radius 1 is 1.06 bits per heavy atom. The molecule has 3 rings (SSSR count). The van der Waals surface area contributed by atoms with Crippen molar-refractivity contribution in [1.82, 2.24) is 9.97 Å². The van der Waals surface area contributed by atoms with Crippen LogP contribution in [0.5, 0.6) is 0 Å². The molecule has 0 unspecified atom stereocenters. The molecule has 0 radical (unpaired) electrons. The van der Waals surface area contributed by atoms with Crippen molar-refractivity contribution >= 4 is 22.4 Å². The minimum Gasteiger partial charge on any atom is -0.319 e. The monoisotopic (exact) mass is 230 g/mol. The van der Waals surface area contributed by atoms with Crippen molar-refractivity contribution in [2.75, 3.05) is 0 Å². The molecule has 1 aromatic carbocycles. The van der Waals surface area contributed by atoms with Gasteiger partial charge in [0.15, 0.2) is 0 Å². The van der Waals surface area contributed by atoms with Crippen molar-refractivity contribution < 1.29 is 0 Å². The zero-order valence-electron chi connectivity index (χ0n) is 8.46. The molecule has 0 aliphatic carbocycles. The Kier molecular flexibility index (Phi) is 3.46. The zero-order valence-corrected chi connectivity index (χ0v) is 9.28. The number of nitrogens with one attached hydrogen (secondary N) is 1. The molecule has 3 aromatic rings. The van der Waals surface area contributed by atoms with E-state index in [0.717, 1.165) is 11.0 Å². The van der Waals surface area contributed by atoms with Crippen molar-refractivity contribution in [3.63, 3.8) is 0 Å². The van der Waals surface area contributed by atoms with Crippen LogP contribution < -0.4 is 5.56 Å². The molecule has 2 heterocycles. The summed E-state index contributed by atoms with van der Waals surface area (Å²) in [6, 6.07) is 11.5. The lowest BCUT2D eigenvalue weighted by Crippen LogP contribution is -2.04. The Balaban J connectivity index is 0.000000162. The highest BCUT2D eigenvalue weighted by molar-refractivity contribution is 7.07. The fourth-order valence-electron chi connectivity index (χ4n) is 1.21. The Morgan fingerprint density at radius 3 is 2.50 bits per heavy atom. The molecule has 0 fully saturated rings. The summed E-state index contributed by atoms with van der Waals surface area (Å²) in [5.74, 6) is 0. The minimum absolute atomic E-state index is 0.163. The fraction of sp³-hybridized carbons (Fsp3) is 0. The average molecular weight is 230 g/mol. The number of benzene rings is 1. The van der Waals surface area contributed by atoms with Gasteiger partial charge in [-0.15, -0.1) is 0 Å². The van der Waals surface area contributed by atoms with Gasteiger partial charge in [-0.2, -0.15) is 11.3 Å². The standard InChI is InChI=1S/C8H6N2O.C4H4S/c11-8-5-9-6-3-1-2-4-7(6)10-8;1-2-4-5-3-1/h1-5H,(H,10,11);1-4H. The highest BCUT2D eigenvalue weighted by Crippen LogP contribution is 2.02. The molecule has 0 aliphatic rings. The molecular formula is C12H10N2OS. The van der Waals surface area contributed by atoms with E-state index in [2.05, 4.69) is 9.97 Å². The van der Waals surface area contributed by atoms with Gasteiger partial charge in [0.2, 0.25) is 0 Å². The maximum atomic E-state index is 10.8. The third kappa shape index (κ3) is 2.77. The van der Waals surface area contributed by atoms with E-state index in [4.69, 9.17) is 0 Å². The molecule has 4 heteroatoms. The SMILES string of the molecule is O=c1cnc2ccccc2[nH]1.c1ccsc1. The van der Waals surface area contributed by atoms with Gasteiger partial charge in [0.25, 0.3) is 5.56 Å². The van der Waals surface area contributed by atoms with E-state index in [1.54, 1.807) is 11.3 Å². The van der Waals surface area contributed by atoms with E-state index >= 15 is 0 Å². The summed E-state index contributed by atoms with van der Waals surface area (Å²) in [5, 5.41) is 4.08. The van der Waals surface area contributed by atoms with Crippen molar-refractivity contribution in [3.8, 4) is 0 Å². The van der Waals surface area contributed by atoms with Crippen molar-refractivity contribution in [2.24, 2.45) is 0 Å². The third-order valence-electron chi connectivity index (χ3n) is 1.91. The van der Waals surface area contributed by atoms with Crippen LogP contribution in [0.1, 0.15) is 0 Å². The number of hydrogen-bond donors (Lipinski definition) is 1. The van der Waals surface area contributed by atoms with Gasteiger partial charge < -0.3 is 4.98 Å². The molecule has 0 spiro atoms. The van der Waals surface area contributed by atoms with Crippen molar-refractivity contribution in [2.45, 2.75) is 0 Å². The molecule has 0 amide bonds. The van der Waals surface area contributed by atoms with Crippen molar-refractivity contribution in [3.05, 3.63) is 63.7 Å². The van der Waals surface area contributed by atoms with Gasteiger partial charge >= 0.3 is 0 Å². The molecule has 16 heavy (non-hydrogen) atoms. The Morgan fingerprint density at radius 2 is 1.81 bits per heavy atom. The van der Waals surface area contributed by atoms with E-state index < -0.39 is 0 Å². The number of H-pyrrole nitrogens is 1. The first-order valence-electron chi connectivity index (χ1n) is 4.77. The van der Waals surface area contributed by atoms with Gasteiger partial charge in [-0.3, -0.25) is 4.79 Å². The van der Waals surface area contributed by atoms with E-state index in [9.17, 15) is 4.79 Å². The summed E-state index contributed by atoms with van der Waals surface area (Å²) in [6.07, 6.45) is 1.28. The number of aromatic nitrogens is 2. The molecule has 0 atom stereocenters. The van der Waals surface area contributed by atoms with Crippen LogP contribution >= 0.6 is 11.3 Å². The van der Waals surface area contributed by atoms with Crippen LogP contribution in [-0.4, -0.2) is 9.97 Å². The fourth-order valence-corrected chi connectivity index (χ4v) is 1.67. The van der Waals surface area contributed by atoms with E-state index in [-0.39, 0.29) is 5.56 Å². The smallest absolute Gasteiger partial charge is 0.266 e. The van der Waals surface area contributed by atoms with E-state index in [0.29, 0.717) is 0 Å². The highest BCUT2D eigenvalue weighted by atomic mass is 32.1. The van der Waals surface area contributed by atoms with Gasteiger partial charge in [-0.05, 0) is 22.9 Å². The number of para-hydroxylation sites is 2. The summed E-state index contributed by atoms with van der Waals surface area (Å²) >= 11 is 1.71. The van der Waals surface area contributed by atoms with Gasteiger partial charge in [-0.1, -0.05) is 24.3 Å². The Hall–Kier alpha value is -1.94. The summed E-state index contributed by atoms with van der Waals surface area (Å²) in [7, 11) is 0. The van der Waals surface area contributed by atoms with Crippen LogP contribution in [0.15, 0.2) is 58.1 Å². The number of nitrogens with zero attached hydrogens (tertiary/aromatic N) is 1. The van der Waals surface area contributed by atoms with Crippen LogP contribution in [-0.2, 0) is 0 Å². The first kappa shape index (κ1) is 10.6. The quantitative estimate of drug-likeness (QED) is 0.645. The van der Waals surface area contributed by atoms with Gasteiger partial charge in [0, 0.05) is 0 Å². The average Bonchev–Trinajstić information content (AvgIpc) is 2.87. The predicted molar refractivity (Wildman–Crippen MR) is 66.7 cm³/mol. The lowest BCUT2D eigenvalue weighted by Gasteiger charge is -1.92. The Labute approximate surface area is 96.4 Å². The zero-order chi connectivity index (χ0) is 11.2. The molecule has 2 aromatic heterocycles. The van der Waals surface area contributed by atoms with Gasteiger partial charge in [-0.25, -0.2) is 4.98 Å². The first-order valence-corrected chi connectivity index (χ1v) is 5.72. The third-order valence-corrected chi connectivity index (χ3v) is 2.54. The first-order chi connectivity index (χ1) is 7.86. The lowest BCUT2D eigenvalue weighted by molar-refractivity contribution is 1.22. The largest absolute Gasteiger partial charge is 0.319 e. The topological polar surface area (TPSA) is 45.8 Å². The predicted octanol–water partition coefficient (Wildman–Crippen LogP) is 2.67. The highest BCUT2D eigenvalue weighted by Gasteiger charge is 1.90. The summed E-state index contributed by atoms with van der Waals surface area (Å²) < 4.78 is 0. The normalized spacial score (nSPS) is 9.50. The second-order valence-corrected chi connectivity index (χ2v) is 3.87. The van der Waals surface area contributed by atoms with E-state index in [1.807, 2.05) is 47.2 Å². The molecule has 0 aliphatic heterocycles. The maximum Gasteiger partial charge on any atom is 0.266 e. The number of aromatic amines is 1. The molecule has 0 bridgehead atoms. The summed E-state index contributed by atoms with van der Waals surface area (Å²) in [4.78, 5) is 17.4. The van der Waals surface area contributed by atoms with Crippen LogP contribution in [0.4, 0.5) is 0 Å². The molecule has 0 saturated carbocycles. The second-order valence-electron chi connectivity index (χ2n) is 3.06. The van der Waals surface area contributed by atoms with Crippen LogP contribution in [0.25, 0.3) is 11.0 Å². The lowest BCUT2D eigenvalue weighted by atomic mass is 10.3. The summed E-state index contributed by atoms with van der Waals surface area (Å²) in [6.45, 7) is 0. The molecule has 0 saturated heterocycles. The van der Waals surface area contributed by atoms with E-state index in [1.165, 1.54) is 6.20 Å². The molecule has 80 valence electrons. The van der Waals surface area contributed by atoms with Gasteiger partial charge in [0.05, 0.1) is 17.2 Å². The molecule has 3 nitrogen and oxygen atoms in total. The molecule has 1 N–H and O–H groups in total. The number of rotatable bonds is 0. The number of hydrogen-bond acceptors (Lipinski definition) is 3. The molecular weight excluding hydrogens is 220 g/mol. The van der Waals surface area contributed by atoms with Crippen LogP contribution in [0.3, 0.4) is 0 Å². The van der Waals surface area contributed by atoms with Crippen LogP contribution in [0, 0.1) is 0 Å². The minimum atomic E-state index is -0.163. The number of fused-ring (bicyclic) bond motifs is 1. The second kappa shape index (κ2) is 5.23. The van der Waals surface area contributed by atoms with Crippen molar-refractivity contribution in [1.29, 1.82) is 0 Å². The Bertz CT molecular complexity index is 584. The summed E-state index contributed by atoms with van der Waals surface area (Å²) in [5.41, 5.74) is 1.43. The van der Waals surface area contributed by atoms with Gasteiger partial charge in [0.1, 0.15) is 0 Å². The maximum absolute atomic E-state index is 10.8.